The van der Waals surface area contributed by atoms with Gasteiger partial charge in [0.25, 0.3) is 0 Å². The molecule has 0 aromatic carbocycles. The Hall–Kier alpha value is -2.25. The normalized spacial score (nSPS) is 14.4. The number of urea groups is 1. The number of nitrogens with one attached hydrogen (secondary N) is 3. The summed E-state index contributed by atoms with van der Waals surface area (Å²) >= 11 is 0. The van der Waals surface area contributed by atoms with Gasteiger partial charge in [0, 0.05) is 31.3 Å². The number of H-pyrrole nitrogens is 1. The number of ether oxygens (including phenoxy) is 1. The summed E-state index contributed by atoms with van der Waals surface area (Å²) in [5.41, 5.74) is 1.22. The van der Waals surface area contributed by atoms with Crippen LogP contribution in [0.1, 0.15) is 32.0 Å². The third-order valence-corrected chi connectivity index (χ3v) is 3.04. The lowest BCUT2D eigenvalue weighted by Gasteiger charge is -2.30. The number of fused-ring (bicyclic) bond motifs is 1. The van der Waals surface area contributed by atoms with Crippen LogP contribution in [0.25, 0.3) is 0 Å². The second-order valence-corrected chi connectivity index (χ2v) is 5.89. The third kappa shape index (κ3) is 3.65. The Labute approximate surface area is 123 Å². The fourth-order valence-electron chi connectivity index (χ4n) is 2.05. The van der Waals surface area contributed by atoms with Crippen LogP contribution >= 0.6 is 0 Å². The van der Waals surface area contributed by atoms with E-state index in [2.05, 4.69) is 20.8 Å². The van der Waals surface area contributed by atoms with Crippen molar-refractivity contribution >= 4 is 17.9 Å². The quantitative estimate of drug-likeness (QED) is 0.730. The number of rotatable bonds is 1. The van der Waals surface area contributed by atoms with Crippen molar-refractivity contribution in [2.45, 2.75) is 39.3 Å². The lowest BCUT2D eigenvalue weighted by molar-refractivity contribution is 0.0224. The van der Waals surface area contributed by atoms with E-state index in [4.69, 9.17) is 4.74 Å². The molecule has 0 aliphatic carbocycles. The van der Waals surface area contributed by atoms with Crippen molar-refractivity contribution in [1.29, 1.82) is 0 Å². The Bertz CT molecular complexity index is 546. The summed E-state index contributed by atoms with van der Waals surface area (Å²) in [5.74, 6) is 0.442. The molecule has 8 nitrogen and oxygen atoms in total. The first-order valence-electron chi connectivity index (χ1n) is 6.83. The van der Waals surface area contributed by atoms with Gasteiger partial charge in [0.2, 0.25) is 0 Å². The van der Waals surface area contributed by atoms with Crippen molar-refractivity contribution in [3.63, 3.8) is 0 Å². The molecule has 2 rings (SSSR count). The molecule has 0 saturated carbocycles. The minimum absolute atomic E-state index is 0.348. The zero-order valence-electron chi connectivity index (χ0n) is 12.7. The van der Waals surface area contributed by atoms with Gasteiger partial charge in [0.1, 0.15) is 5.60 Å². The number of carbonyl (C=O) groups is 2. The minimum Gasteiger partial charge on any atom is -0.444 e. The number of aromatic nitrogens is 2. The summed E-state index contributed by atoms with van der Waals surface area (Å²) in [6.07, 6.45) is 0.289. The van der Waals surface area contributed by atoms with Crippen LogP contribution in [0.15, 0.2) is 0 Å². The van der Waals surface area contributed by atoms with E-state index in [0.29, 0.717) is 25.3 Å². The van der Waals surface area contributed by atoms with Gasteiger partial charge in [-0.1, -0.05) is 0 Å². The van der Waals surface area contributed by atoms with E-state index < -0.39 is 5.60 Å². The first-order valence-corrected chi connectivity index (χ1v) is 6.83. The molecule has 3 N–H and O–H groups in total. The van der Waals surface area contributed by atoms with Crippen molar-refractivity contribution in [3.05, 3.63) is 11.3 Å². The zero-order valence-corrected chi connectivity index (χ0v) is 12.7. The first-order chi connectivity index (χ1) is 9.80. The first kappa shape index (κ1) is 15.1. The van der Waals surface area contributed by atoms with Crippen molar-refractivity contribution in [3.8, 4) is 0 Å². The fourth-order valence-corrected chi connectivity index (χ4v) is 2.05. The van der Waals surface area contributed by atoms with Crippen LogP contribution in [0, 0.1) is 0 Å². The van der Waals surface area contributed by atoms with Crippen molar-refractivity contribution in [1.82, 2.24) is 20.4 Å². The van der Waals surface area contributed by atoms with E-state index in [-0.39, 0.29) is 12.1 Å². The molecule has 0 spiro atoms. The molecule has 2 heterocycles. The molecule has 8 heteroatoms. The lowest BCUT2D eigenvalue weighted by Crippen LogP contribution is -2.40. The molecule has 0 unspecified atom stereocenters. The molecule has 3 amide bonds. The molecule has 21 heavy (non-hydrogen) atoms. The molecule has 1 aliphatic heterocycles. The number of aromatic amines is 1. The van der Waals surface area contributed by atoms with Crippen LogP contribution in [-0.4, -0.2) is 46.4 Å². The van der Waals surface area contributed by atoms with Crippen LogP contribution in [0.4, 0.5) is 15.4 Å². The molecule has 116 valence electrons. The number of nitrogens with zero attached hydrogens (tertiary/aromatic N) is 2. The summed E-state index contributed by atoms with van der Waals surface area (Å²) < 4.78 is 5.37. The van der Waals surface area contributed by atoms with E-state index in [1.165, 1.54) is 7.05 Å². The standard InChI is InChI=1S/C13H21N5O3/c1-13(2,3)21-12(20)18-6-5-9-8(7-18)10(17-16-9)15-11(19)14-4/h5-7H2,1-4H3,(H3,14,15,16,17,19). The van der Waals surface area contributed by atoms with Crippen molar-refractivity contribution < 1.29 is 14.3 Å². The maximum Gasteiger partial charge on any atom is 0.410 e. The summed E-state index contributed by atoms with van der Waals surface area (Å²) in [5, 5.41) is 12.1. The summed E-state index contributed by atoms with van der Waals surface area (Å²) in [6, 6.07) is -0.348. The van der Waals surface area contributed by atoms with Gasteiger partial charge in [0.15, 0.2) is 5.82 Å². The predicted molar refractivity (Wildman–Crippen MR) is 77.0 cm³/mol. The largest absolute Gasteiger partial charge is 0.444 e. The number of hydrogen-bond donors (Lipinski definition) is 3. The molecule has 1 aromatic heterocycles. The molecule has 0 atom stereocenters. The average Bonchev–Trinajstić information content (AvgIpc) is 2.79. The van der Waals surface area contributed by atoms with E-state index in [9.17, 15) is 9.59 Å². The monoisotopic (exact) mass is 295 g/mol. The van der Waals surface area contributed by atoms with Gasteiger partial charge in [-0.05, 0) is 20.8 Å². The van der Waals surface area contributed by atoms with Crippen LogP contribution in [-0.2, 0) is 17.7 Å². The van der Waals surface area contributed by atoms with Gasteiger partial charge < -0.3 is 15.0 Å². The Morgan fingerprint density at radius 2 is 2.10 bits per heavy atom. The van der Waals surface area contributed by atoms with Crippen molar-refractivity contribution in [2.24, 2.45) is 0 Å². The van der Waals surface area contributed by atoms with Crippen molar-refractivity contribution in [2.75, 3.05) is 18.9 Å². The highest BCUT2D eigenvalue weighted by Crippen LogP contribution is 2.25. The van der Waals surface area contributed by atoms with E-state index >= 15 is 0 Å². The van der Waals surface area contributed by atoms with Gasteiger partial charge in [-0.15, -0.1) is 0 Å². The average molecular weight is 295 g/mol. The number of carbonyl (C=O) groups excluding carboxylic acids is 2. The Morgan fingerprint density at radius 1 is 1.38 bits per heavy atom. The molecule has 0 radical (unpaired) electrons. The summed E-state index contributed by atoms with van der Waals surface area (Å²) in [4.78, 5) is 25.1. The van der Waals surface area contributed by atoms with E-state index in [0.717, 1.165) is 11.3 Å². The Balaban J connectivity index is 2.10. The highest BCUT2D eigenvalue weighted by molar-refractivity contribution is 5.89. The molecular formula is C13H21N5O3. The lowest BCUT2D eigenvalue weighted by atomic mass is 10.1. The van der Waals surface area contributed by atoms with Crippen LogP contribution in [0.2, 0.25) is 0 Å². The smallest absolute Gasteiger partial charge is 0.410 e. The van der Waals surface area contributed by atoms with Crippen LogP contribution < -0.4 is 10.6 Å². The highest BCUT2D eigenvalue weighted by atomic mass is 16.6. The Morgan fingerprint density at radius 3 is 2.71 bits per heavy atom. The van der Waals surface area contributed by atoms with E-state index in [1.54, 1.807) is 4.90 Å². The molecule has 0 saturated heterocycles. The summed E-state index contributed by atoms with van der Waals surface area (Å²) in [6.45, 7) is 6.41. The summed E-state index contributed by atoms with van der Waals surface area (Å²) in [7, 11) is 1.53. The van der Waals surface area contributed by atoms with Crippen LogP contribution in [0.3, 0.4) is 0 Å². The molecule has 1 aromatic rings. The van der Waals surface area contributed by atoms with Crippen LogP contribution in [0.5, 0.6) is 0 Å². The second kappa shape index (κ2) is 5.63. The topological polar surface area (TPSA) is 99.4 Å². The number of anilines is 1. The maximum atomic E-state index is 12.1. The second-order valence-electron chi connectivity index (χ2n) is 5.89. The molecule has 1 aliphatic rings. The maximum absolute atomic E-state index is 12.1. The van der Waals surface area contributed by atoms with Gasteiger partial charge >= 0.3 is 12.1 Å². The van der Waals surface area contributed by atoms with E-state index in [1.807, 2.05) is 20.8 Å². The molecule has 0 fully saturated rings. The van der Waals surface area contributed by atoms with Gasteiger partial charge in [-0.3, -0.25) is 10.4 Å². The van der Waals surface area contributed by atoms with Gasteiger partial charge in [-0.25, -0.2) is 9.59 Å². The van der Waals surface area contributed by atoms with Gasteiger partial charge in [-0.2, -0.15) is 5.10 Å². The Kier molecular flexibility index (Phi) is 4.06. The molecular weight excluding hydrogens is 274 g/mol. The fraction of sp³-hybridized carbons (Fsp3) is 0.615. The SMILES string of the molecule is CNC(=O)Nc1n[nH]c2c1CN(C(=O)OC(C)(C)C)CC2. The minimum atomic E-state index is -0.531. The highest BCUT2D eigenvalue weighted by Gasteiger charge is 2.28. The van der Waals surface area contributed by atoms with Gasteiger partial charge in [0.05, 0.1) is 6.54 Å². The number of amides is 3. The zero-order chi connectivity index (χ0) is 15.6. The molecule has 0 bridgehead atoms. The third-order valence-electron chi connectivity index (χ3n) is 3.04. The number of hydrogen-bond acceptors (Lipinski definition) is 4. The predicted octanol–water partition coefficient (Wildman–Crippen LogP) is 1.45.